The Kier molecular flexibility index (Phi) is 0.704. The smallest absolute Gasteiger partial charge is 0.0853 e. The van der Waals surface area contributed by atoms with Crippen LogP contribution in [0, 0.1) is 0 Å². The molecule has 0 aromatic carbocycles. The highest BCUT2D eigenvalue weighted by Crippen LogP contribution is 2.09. The molecule has 0 unspecified atom stereocenters. The van der Waals surface area contributed by atoms with E-state index in [4.69, 9.17) is 0 Å². The van der Waals surface area contributed by atoms with Crippen LogP contribution in [0.1, 0.15) is 0 Å². The lowest BCUT2D eigenvalue weighted by atomic mass is 10.4. The fraction of sp³-hybridized carbons (Fsp3) is 0.167. The van der Waals surface area contributed by atoms with Gasteiger partial charge in [-0.15, -0.1) is 0 Å². The van der Waals surface area contributed by atoms with Crippen molar-refractivity contribution in [2.24, 2.45) is 7.05 Å². The summed E-state index contributed by atoms with van der Waals surface area (Å²) in [5, 5.41) is 5.22. The lowest BCUT2D eigenvalue weighted by molar-refractivity contribution is 0.796. The first-order valence-electron chi connectivity index (χ1n) is 2.82. The number of aryl methyl sites for hydroxylation is 1. The number of aromatic nitrogens is 3. The largest absolute Gasteiger partial charge is 0.365 e. The molecular weight excluding hydrogens is 114 g/mol. The average Bonchev–Trinajstić information content (AvgIpc) is 2.35. The van der Waals surface area contributed by atoms with E-state index in [9.17, 15) is 0 Å². The van der Waals surface area contributed by atoms with E-state index in [1.807, 2.05) is 30.3 Å². The van der Waals surface area contributed by atoms with Crippen LogP contribution < -0.4 is 0 Å². The molecule has 3 nitrogen and oxygen atoms in total. The molecular formula is C6H7N3. The van der Waals surface area contributed by atoms with Gasteiger partial charge in [-0.25, -0.2) is 0 Å². The number of rotatable bonds is 0. The van der Waals surface area contributed by atoms with E-state index < -0.39 is 0 Å². The Bertz CT molecular complexity index is 317. The van der Waals surface area contributed by atoms with Crippen LogP contribution in [-0.4, -0.2) is 14.8 Å². The quantitative estimate of drug-likeness (QED) is 0.552. The maximum Gasteiger partial charge on any atom is 0.0853 e. The van der Waals surface area contributed by atoms with Crippen LogP contribution >= 0.6 is 0 Å². The minimum atomic E-state index is 1.15. The molecule has 0 bridgehead atoms. The highest BCUT2D eigenvalue weighted by Gasteiger charge is 1.95. The summed E-state index contributed by atoms with van der Waals surface area (Å²) in [7, 11) is 1.93. The summed E-state index contributed by atoms with van der Waals surface area (Å²) in [5.41, 5.74) is 1.15. The molecule has 0 spiro atoms. The van der Waals surface area contributed by atoms with Gasteiger partial charge in [0.15, 0.2) is 0 Å². The number of nitrogens with one attached hydrogen (secondary N) is 1. The lowest BCUT2D eigenvalue weighted by Crippen LogP contribution is -1.86. The maximum absolute atomic E-state index is 4.05. The van der Waals surface area contributed by atoms with Crippen molar-refractivity contribution in [3.63, 3.8) is 0 Å². The van der Waals surface area contributed by atoms with Crippen LogP contribution in [0.15, 0.2) is 18.6 Å². The summed E-state index contributed by atoms with van der Waals surface area (Å²) < 4.78 is 1.84. The molecule has 0 atom stereocenters. The summed E-state index contributed by atoms with van der Waals surface area (Å²) in [6.45, 7) is 0. The number of H-pyrrole nitrogens is 1. The molecule has 0 fully saturated rings. The van der Waals surface area contributed by atoms with Crippen LogP contribution in [0.2, 0.25) is 0 Å². The van der Waals surface area contributed by atoms with Crippen molar-refractivity contribution in [1.82, 2.24) is 14.8 Å². The lowest BCUT2D eigenvalue weighted by Gasteiger charge is -1.83. The summed E-state index contributed by atoms with van der Waals surface area (Å²) in [6.07, 6.45) is 5.70. The van der Waals surface area contributed by atoms with E-state index in [2.05, 4.69) is 10.1 Å². The Balaban J connectivity index is 2.99. The normalized spacial score (nSPS) is 10.8. The van der Waals surface area contributed by atoms with Gasteiger partial charge in [-0.3, -0.25) is 4.68 Å². The third-order valence-electron chi connectivity index (χ3n) is 1.47. The zero-order valence-electron chi connectivity index (χ0n) is 5.13. The molecule has 2 aromatic heterocycles. The molecule has 9 heavy (non-hydrogen) atoms. The predicted octanol–water partition coefficient (Wildman–Crippen LogP) is 0.901. The Morgan fingerprint density at radius 1 is 1.56 bits per heavy atom. The number of fused-ring (bicyclic) bond motifs is 1. The van der Waals surface area contributed by atoms with Gasteiger partial charge in [0.25, 0.3) is 0 Å². The molecule has 0 aliphatic rings. The zero-order valence-corrected chi connectivity index (χ0v) is 5.13. The first-order valence-corrected chi connectivity index (χ1v) is 2.82. The van der Waals surface area contributed by atoms with Gasteiger partial charge >= 0.3 is 0 Å². The molecule has 2 heterocycles. The van der Waals surface area contributed by atoms with Gasteiger partial charge in [-0.1, -0.05) is 0 Å². The topological polar surface area (TPSA) is 33.6 Å². The maximum atomic E-state index is 4.05. The summed E-state index contributed by atoms with van der Waals surface area (Å²) in [6, 6.07) is 0. The third-order valence-corrected chi connectivity index (χ3v) is 1.47. The molecule has 3 heteroatoms. The second-order valence-electron chi connectivity index (χ2n) is 2.06. The van der Waals surface area contributed by atoms with Gasteiger partial charge in [0, 0.05) is 24.8 Å². The third kappa shape index (κ3) is 0.483. The second kappa shape index (κ2) is 1.37. The van der Waals surface area contributed by atoms with Crippen molar-refractivity contribution in [2.75, 3.05) is 0 Å². The van der Waals surface area contributed by atoms with Crippen molar-refractivity contribution < 1.29 is 0 Å². The minimum Gasteiger partial charge on any atom is -0.365 e. The first-order chi connectivity index (χ1) is 4.38. The molecule has 0 aliphatic heterocycles. The molecule has 0 radical (unpaired) electrons. The molecule has 0 saturated heterocycles. The Morgan fingerprint density at radius 3 is 3.22 bits per heavy atom. The summed E-state index contributed by atoms with van der Waals surface area (Å²) >= 11 is 0. The predicted molar refractivity (Wildman–Crippen MR) is 35.1 cm³/mol. The molecule has 46 valence electrons. The minimum absolute atomic E-state index is 1.15. The molecule has 0 amide bonds. The van der Waals surface area contributed by atoms with Gasteiger partial charge in [-0.05, 0) is 0 Å². The molecule has 0 aliphatic carbocycles. The second-order valence-corrected chi connectivity index (χ2v) is 2.06. The first kappa shape index (κ1) is 4.61. The number of aromatic amines is 1. The SMILES string of the molecule is Cn1ncc2c[nH]cc21. The van der Waals surface area contributed by atoms with Crippen molar-refractivity contribution >= 4 is 10.9 Å². The molecule has 0 saturated carbocycles. The van der Waals surface area contributed by atoms with Gasteiger partial charge in [0.1, 0.15) is 0 Å². The highest BCUT2D eigenvalue weighted by molar-refractivity contribution is 5.77. The monoisotopic (exact) mass is 121 g/mol. The van der Waals surface area contributed by atoms with Crippen LogP contribution in [0.5, 0.6) is 0 Å². The van der Waals surface area contributed by atoms with Crippen LogP contribution in [0.25, 0.3) is 10.9 Å². The average molecular weight is 121 g/mol. The van der Waals surface area contributed by atoms with Crippen LogP contribution in [0.4, 0.5) is 0 Å². The van der Waals surface area contributed by atoms with Crippen molar-refractivity contribution in [1.29, 1.82) is 0 Å². The zero-order chi connectivity index (χ0) is 6.27. The fourth-order valence-corrected chi connectivity index (χ4v) is 0.962. The number of hydrogen-bond donors (Lipinski definition) is 1. The standard InChI is InChI=1S/C6H7N3/c1-9-6-4-7-2-5(6)3-8-9/h2-4,7H,1H3. The summed E-state index contributed by atoms with van der Waals surface area (Å²) in [4.78, 5) is 3.00. The van der Waals surface area contributed by atoms with E-state index in [0.717, 1.165) is 10.9 Å². The highest BCUT2D eigenvalue weighted by atomic mass is 15.3. The summed E-state index contributed by atoms with van der Waals surface area (Å²) in [5.74, 6) is 0. The molecule has 2 aromatic rings. The Hall–Kier alpha value is -1.25. The van der Waals surface area contributed by atoms with Crippen molar-refractivity contribution in [3.8, 4) is 0 Å². The van der Waals surface area contributed by atoms with E-state index >= 15 is 0 Å². The van der Waals surface area contributed by atoms with Crippen molar-refractivity contribution in [2.45, 2.75) is 0 Å². The van der Waals surface area contributed by atoms with Crippen LogP contribution in [-0.2, 0) is 7.05 Å². The molecule has 1 N–H and O–H groups in total. The van der Waals surface area contributed by atoms with Gasteiger partial charge in [0.05, 0.1) is 11.7 Å². The van der Waals surface area contributed by atoms with Crippen LogP contribution in [0.3, 0.4) is 0 Å². The van der Waals surface area contributed by atoms with Gasteiger partial charge in [-0.2, -0.15) is 5.10 Å². The van der Waals surface area contributed by atoms with E-state index in [1.54, 1.807) is 0 Å². The Morgan fingerprint density at radius 2 is 2.44 bits per heavy atom. The number of nitrogens with zero attached hydrogens (tertiary/aromatic N) is 2. The van der Waals surface area contributed by atoms with E-state index in [0.29, 0.717) is 0 Å². The van der Waals surface area contributed by atoms with Crippen molar-refractivity contribution in [3.05, 3.63) is 18.6 Å². The van der Waals surface area contributed by atoms with Gasteiger partial charge < -0.3 is 4.98 Å². The van der Waals surface area contributed by atoms with E-state index in [-0.39, 0.29) is 0 Å². The Labute approximate surface area is 52.3 Å². The fourth-order valence-electron chi connectivity index (χ4n) is 0.962. The van der Waals surface area contributed by atoms with E-state index in [1.165, 1.54) is 0 Å². The number of hydrogen-bond acceptors (Lipinski definition) is 1. The van der Waals surface area contributed by atoms with Gasteiger partial charge in [0.2, 0.25) is 0 Å². The molecule has 2 rings (SSSR count).